The van der Waals surface area contributed by atoms with E-state index >= 15 is 0 Å². The van der Waals surface area contributed by atoms with Crippen molar-refractivity contribution in [3.05, 3.63) is 52.7 Å². The number of methoxy groups -OCH3 is 1. The van der Waals surface area contributed by atoms with Gasteiger partial charge in [-0.05, 0) is 12.1 Å². The van der Waals surface area contributed by atoms with Gasteiger partial charge >= 0.3 is 0 Å². The smallest absolute Gasteiger partial charge is 0.220 e. The number of hydrogen-bond donors (Lipinski definition) is 0. The van der Waals surface area contributed by atoms with Crippen molar-refractivity contribution in [3.8, 4) is 11.9 Å². The first-order chi connectivity index (χ1) is 10.7. The number of ether oxygens (including phenoxy) is 1. The van der Waals surface area contributed by atoms with E-state index in [0.717, 1.165) is 24.2 Å². The summed E-state index contributed by atoms with van der Waals surface area (Å²) in [6.07, 6.45) is 2.29. The van der Waals surface area contributed by atoms with Crippen LogP contribution in [0.15, 0.2) is 24.5 Å². The third-order valence-corrected chi connectivity index (χ3v) is 3.81. The molecule has 22 heavy (non-hydrogen) atoms. The zero-order valence-corrected chi connectivity index (χ0v) is 12.2. The van der Waals surface area contributed by atoms with Crippen LogP contribution in [0.4, 0.5) is 4.39 Å². The molecule has 3 rings (SSSR count). The first kappa shape index (κ1) is 14.4. The van der Waals surface area contributed by atoms with Crippen LogP contribution in [0, 0.1) is 17.1 Å². The van der Waals surface area contributed by atoms with E-state index in [1.54, 1.807) is 19.2 Å². The summed E-state index contributed by atoms with van der Waals surface area (Å²) in [5, 5.41) is 8.79. The zero-order valence-electron chi connectivity index (χ0n) is 12.2. The molecule has 5 nitrogen and oxygen atoms in total. The number of hydrogen-bond acceptors (Lipinski definition) is 5. The van der Waals surface area contributed by atoms with E-state index in [1.807, 2.05) is 6.07 Å². The Balaban J connectivity index is 1.79. The summed E-state index contributed by atoms with van der Waals surface area (Å²) in [7, 11) is 1.59. The van der Waals surface area contributed by atoms with Gasteiger partial charge in [-0.15, -0.1) is 0 Å². The molecule has 6 heteroatoms. The van der Waals surface area contributed by atoms with Gasteiger partial charge in [-0.3, -0.25) is 4.90 Å². The minimum atomic E-state index is -0.346. The van der Waals surface area contributed by atoms with Crippen LogP contribution < -0.4 is 4.74 Å². The van der Waals surface area contributed by atoms with Gasteiger partial charge in [0.1, 0.15) is 12.1 Å². The molecule has 1 aliphatic rings. The molecule has 0 saturated carbocycles. The van der Waals surface area contributed by atoms with E-state index in [1.165, 1.54) is 12.4 Å². The van der Waals surface area contributed by atoms with Gasteiger partial charge < -0.3 is 4.74 Å². The van der Waals surface area contributed by atoms with Gasteiger partial charge in [-0.2, -0.15) is 5.26 Å². The Labute approximate surface area is 128 Å². The second-order valence-corrected chi connectivity index (χ2v) is 5.19. The largest absolute Gasteiger partial charge is 0.481 e. The third kappa shape index (κ3) is 2.76. The predicted octanol–water partition coefficient (Wildman–Crippen LogP) is 2.05. The second kappa shape index (κ2) is 6.08. The molecule has 0 aliphatic carbocycles. The molecule has 0 amide bonds. The van der Waals surface area contributed by atoms with Crippen LogP contribution in [-0.2, 0) is 19.5 Å². The van der Waals surface area contributed by atoms with Crippen molar-refractivity contribution in [1.82, 2.24) is 14.9 Å². The van der Waals surface area contributed by atoms with E-state index in [0.29, 0.717) is 30.1 Å². The van der Waals surface area contributed by atoms with Gasteiger partial charge in [0.05, 0.1) is 24.4 Å². The highest BCUT2D eigenvalue weighted by Gasteiger charge is 2.22. The Bertz CT molecular complexity index is 727. The SMILES string of the molecule is COc1ncnc2c1CN(Cc1ccc(C#N)cc1F)CC2. The number of halogens is 1. The summed E-state index contributed by atoms with van der Waals surface area (Å²) in [6.45, 7) is 1.90. The van der Waals surface area contributed by atoms with Crippen molar-refractivity contribution in [2.24, 2.45) is 0 Å². The van der Waals surface area contributed by atoms with Gasteiger partial charge in [0, 0.05) is 37.2 Å². The van der Waals surface area contributed by atoms with Crippen molar-refractivity contribution in [2.75, 3.05) is 13.7 Å². The summed E-state index contributed by atoms with van der Waals surface area (Å²) in [4.78, 5) is 10.5. The third-order valence-electron chi connectivity index (χ3n) is 3.81. The first-order valence-corrected chi connectivity index (χ1v) is 6.99. The summed E-state index contributed by atoms with van der Waals surface area (Å²) in [5.41, 5.74) is 2.87. The highest BCUT2D eigenvalue weighted by Crippen LogP contribution is 2.25. The lowest BCUT2D eigenvalue weighted by atomic mass is 10.0. The molecule has 1 aliphatic heterocycles. The normalized spacial score (nSPS) is 14.2. The minimum absolute atomic E-state index is 0.334. The molecule has 112 valence electrons. The minimum Gasteiger partial charge on any atom is -0.481 e. The topological polar surface area (TPSA) is 62.0 Å². The van der Waals surface area contributed by atoms with Gasteiger partial charge in [-0.25, -0.2) is 14.4 Å². The number of benzene rings is 1. The Morgan fingerprint density at radius 1 is 1.41 bits per heavy atom. The number of fused-ring (bicyclic) bond motifs is 1. The fourth-order valence-corrected chi connectivity index (χ4v) is 2.67. The maximum absolute atomic E-state index is 14.0. The van der Waals surface area contributed by atoms with Crippen LogP contribution in [0.3, 0.4) is 0 Å². The lowest BCUT2D eigenvalue weighted by Gasteiger charge is -2.28. The Kier molecular flexibility index (Phi) is 3.98. The molecule has 0 fully saturated rings. The van der Waals surface area contributed by atoms with E-state index < -0.39 is 0 Å². The van der Waals surface area contributed by atoms with E-state index in [4.69, 9.17) is 10.00 Å². The number of rotatable bonds is 3. The summed E-state index contributed by atoms with van der Waals surface area (Å²) < 4.78 is 19.3. The lowest BCUT2D eigenvalue weighted by molar-refractivity contribution is 0.233. The number of nitriles is 1. The molecule has 0 N–H and O–H groups in total. The first-order valence-electron chi connectivity index (χ1n) is 6.99. The fourth-order valence-electron chi connectivity index (χ4n) is 2.67. The Morgan fingerprint density at radius 3 is 3.00 bits per heavy atom. The van der Waals surface area contributed by atoms with E-state index in [2.05, 4.69) is 14.9 Å². The quantitative estimate of drug-likeness (QED) is 0.868. The highest BCUT2D eigenvalue weighted by atomic mass is 19.1. The fraction of sp³-hybridized carbons (Fsp3) is 0.312. The van der Waals surface area contributed by atoms with Crippen molar-refractivity contribution in [1.29, 1.82) is 5.26 Å². The Morgan fingerprint density at radius 2 is 2.27 bits per heavy atom. The summed E-state index contributed by atoms with van der Waals surface area (Å²) in [5.74, 6) is 0.233. The lowest BCUT2D eigenvalue weighted by Crippen LogP contribution is -2.31. The molecule has 0 bridgehead atoms. The van der Waals surface area contributed by atoms with Crippen LogP contribution in [0.1, 0.15) is 22.4 Å². The van der Waals surface area contributed by atoms with Gasteiger partial charge in [-0.1, -0.05) is 6.07 Å². The molecule has 2 aromatic rings. The van der Waals surface area contributed by atoms with Gasteiger partial charge in [0.2, 0.25) is 5.88 Å². The average Bonchev–Trinajstić information content (AvgIpc) is 2.56. The second-order valence-electron chi connectivity index (χ2n) is 5.19. The molecular weight excluding hydrogens is 283 g/mol. The maximum Gasteiger partial charge on any atom is 0.220 e. The zero-order chi connectivity index (χ0) is 15.5. The van der Waals surface area contributed by atoms with Crippen molar-refractivity contribution >= 4 is 0 Å². The molecule has 0 atom stereocenters. The van der Waals surface area contributed by atoms with Crippen LogP contribution in [0.2, 0.25) is 0 Å². The highest BCUT2D eigenvalue weighted by molar-refractivity contribution is 5.34. The molecule has 0 radical (unpaired) electrons. The van der Waals surface area contributed by atoms with Gasteiger partial charge in [0.25, 0.3) is 0 Å². The molecule has 1 aromatic carbocycles. The standard InChI is InChI=1S/C16H15FN4O/c1-22-16-13-9-21(5-4-15(13)19-10-20-16)8-12-3-2-11(7-18)6-14(12)17/h2-3,6,10H,4-5,8-9H2,1H3. The van der Waals surface area contributed by atoms with Gasteiger partial charge in [0.15, 0.2) is 0 Å². The maximum atomic E-state index is 14.0. The predicted molar refractivity (Wildman–Crippen MR) is 77.5 cm³/mol. The van der Waals surface area contributed by atoms with Crippen molar-refractivity contribution in [2.45, 2.75) is 19.5 Å². The van der Waals surface area contributed by atoms with Crippen LogP contribution in [0.25, 0.3) is 0 Å². The molecule has 0 spiro atoms. The van der Waals surface area contributed by atoms with E-state index in [-0.39, 0.29) is 5.82 Å². The summed E-state index contributed by atoms with van der Waals surface area (Å²) >= 11 is 0. The number of aromatic nitrogens is 2. The van der Waals surface area contributed by atoms with Crippen LogP contribution in [0.5, 0.6) is 5.88 Å². The van der Waals surface area contributed by atoms with E-state index in [9.17, 15) is 4.39 Å². The van der Waals surface area contributed by atoms with Crippen LogP contribution >= 0.6 is 0 Å². The monoisotopic (exact) mass is 298 g/mol. The van der Waals surface area contributed by atoms with Crippen molar-refractivity contribution < 1.29 is 9.13 Å². The molecule has 0 saturated heterocycles. The Hall–Kier alpha value is -2.52. The average molecular weight is 298 g/mol. The molecular formula is C16H15FN4O. The molecule has 2 heterocycles. The van der Waals surface area contributed by atoms with Crippen LogP contribution in [-0.4, -0.2) is 28.5 Å². The number of nitrogens with zero attached hydrogens (tertiary/aromatic N) is 4. The summed E-state index contributed by atoms with van der Waals surface area (Å²) in [6, 6.07) is 6.52. The molecule has 0 unspecified atom stereocenters. The molecule has 1 aromatic heterocycles. The van der Waals surface area contributed by atoms with Crippen molar-refractivity contribution in [3.63, 3.8) is 0 Å².